The van der Waals surface area contributed by atoms with Crippen LogP contribution < -0.4 is 5.32 Å². The predicted molar refractivity (Wildman–Crippen MR) is 68.0 cm³/mol. The number of imidazole rings is 1. The zero-order chi connectivity index (χ0) is 12.1. The summed E-state index contributed by atoms with van der Waals surface area (Å²) in [6, 6.07) is 0.475. The van der Waals surface area contributed by atoms with E-state index in [1.54, 1.807) is 0 Å². The van der Waals surface area contributed by atoms with Gasteiger partial charge in [-0.15, -0.1) is 0 Å². The van der Waals surface area contributed by atoms with E-state index in [9.17, 15) is 0 Å². The van der Waals surface area contributed by atoms with Crippen LogP contribution in [0.1, 0.15) is 25.6 Å². The number of likely N-dealkylation sites (N-methyl/N-ethyl adjacent to an activating group) is 1. The second-order valence-corrected chi connectivity index (χ2v) is 4.71. The fourth-order valence-electron chi connectivity index (χ4n) is 2.60. The summed E-state index contributed by atoms with van der Waals surface area (Å²) >= 11 is 0. The van der Waals surface area contributed by atoms with Gasteiger partial charge in [-0.05, 0) is 32.7 Å². The fraction of sp³-hybridized carbons (Fsp3) is 0.769. The first-order valence-electron chi connectivity index (χ1n) is 6.60. The minimum absolute atomic E-state index is 0.475. The third kappa shape index (κ3) is 3.07. The molecule has 1 fully saturated rings. The lowest BCUT2D eigenvalue weighted by Gasteiger charge is -2.30. The number of aryl methyl sites for hydroxylation is 1. The Labute approximate surface area is 103 Å². The van der Waals surface area contributed by atoms with Crippen LogP contribution in [-0.4, -0.2) is 35.9 Å². The summed E-state index contributed by atoms with van der Waals surface area (Å²) in [5.41, 5.74) is 0. The molecule has 17 heavy (non-hydrogen) atoms. The minimum Gasteiger partial charge on any atom is -0.381 e. The van der Waals surface area contributed by atoms with Crippen LogP contribution in [-0.2, 0) is 17.7 Å². The highest BCUT2D eigenvalue weighted by molar-refractivity contribution is 4.97. The van der Waals surface area contributed by atoms with Gasteiger partial charge in [0.05, 0.1) is 6.61 Å². The first-order valence-corrected chi connectivity index (χ1v) is 6.60. The Hall–Kier alpha value is -0.870. The van der Waals surface area contributed by atoms with Crippen molar-refractivity contribution in [1.29, 1.82) is 0 Å². The zero-order valence-electron chi connectivity index (χ0n) is 10.9. The Kier molecular flexibility index (Phi) is 4.57. The molecule has 1 saturated heterocycles. The molecule has 1 aromatic heterocycles. The molecule has 1 aliphatic rings. The van der Waals surface area contributed by atoms with Crippen molar-refractivity contribution in [3.63, 3.8) is 0 Å². The number of ether oxygens (including phenoxy) is 1. The van der Waals surface area contributed by atoms with E-state index >= 15 is 0 Å². The quantitative estimate of drug-likeness (QED) is 0.842. The predicted octanol–water partition coefficient (Wildman–Crippen LogP) is 1.46. The van der Waals surface area contributed by atoms with Crippen molar-refractivity contribution in [2.24, 2.45) is 5.92 Å². The van der Waals surface area contributed by atoms with Crippen LogP contribution in [0.2, 0.25) is 0 Å². The third-order valence-corrected chi connectivity index (χ3v) is 3.68. The van der Waals surface area contributed by atoms with E-state index in [4.69, 9.17) is 4.74 Å². The molecular weight excluding hydrogens is 214 g/mol. The molecule has 1 N–H and O–H groups in total. The molecule has 4 nitrogen and oxygen atoms in total. The third-order valence-electron chi connectivity index (χ3n) is 3.68. The highest BCUT2D eigenvalue weighted by atomic mass is 16.5. The molecule has 1 aliphatic heterocycles. The van der Waals surface area contributed by atoms with E-state index in [0.717, 1.165) is 26.2 Å². The molecule has 2 rings (SSSR count). The second kappa shape index (κ2) is 6.17. The number of nitrogens with zero attached hydrogens (tertiary/aromatic N) is 2. The second-order valence-electron chi connectivity index (χ2n) is 4.71. The van der Waals surface area contributed by atoms with E-state index < -0.39 is 0 Å². The minimum atomic E-state index is 0.475. The van der Waals surface area contributed by atoms with Crippen molar-refractivity contribution in [1.82, 2.24) is 14.9 Å². The van der Waals surface area contributed by atoms with Crippen LogP contribution in [0, 0.1) is 5.92 Å². The smallest absolute Gasteiger partial charge is 0.110 e. The van der Waals surface area contributed by atoms with Gasteiger partial charge < -0.3 is 14.6 Å². The Morgan fingerprint density at radius 2 is 2.53 bits per heavy atom. The van der Waals surface area contributed by atoms with Crippen molar-refractivity contribution in [3.05, 3.63) is 18.2 Å². The van der Waals surface area contributed by atoms with Crippen LogP contribution in [0.5, 0.6) is 0 Å². The first-order chi connectivity index (χ1) is 8.35. The summed E-state index contributed by atoms with van der Waals surface area (Å²) < 4.78 is 7.79. The van der Waals surface area contributed by atoms with Crippen LogP contribution in [0.4, 0.5) is 0 Å². The van der Waals surface area contributed by atoms with Crippen LogP contribution in [0.15, 0.2) is 12.4 Å². The van der Waals surface area contributed by atoms with Crippen molar-refractivity contribution in [3.8, 4) is 0 Å². The summed E-state index contributed by atoms with van der Waals surface area (Å²) in [4.78, 5) is 4.45. The van der Waals surface area contributed by atoms with E-state index in [0.29, 0.717) is 12.0 Å². The van der Waals surface area contributed by atoms with E-state index in [1.807, 2.05) is 13.2 Å². The van der Waals surface area contributed by atoms with Gasteiger partial charge in [0, 0.05) is 38.0 Å². The molecule has 0 saturated carbocycles. The van der Waals surface area contributed by atoms with E-state index in [-0.39, 0.29) is 0 Å². The van der Waals surface area contributed by atoms with Gasteiger partial charge in [-0.25, -0.2) is 4.98 Å². The number of nitrogens with one attached hydrogen (secondary N) is 1. The molecule has 4 heteroatoms. The van der Waals surface area contributed by atoms with E-state index in [1.165, 1.54) is 18.7 Å². The molecule has 0 spiro atoms. The normalized spacial score (nSPS) is 22.6. The van der Waals surface area contributed by atoms with E-state index in [2.05, 4.69) is 28.0 Å². The Morgan fingerprint density at radius 1 is 1.65 bits per heavy atom. The maximum atomic E-state index is 5.57. The van der Waals surface area contributed by atoms with Crippen molar-refractivity contribution >= 4 is 0 Å². The zero-order valence-corrected chi connectivity index (χ0v) is 10.9. The lowest BCUT2D eigenvalue weighted by Crippen LogP contribution is -2.40. The molecule has 0 aromatic carbocycles. The topological polar surface area (TPSA) is 39.1 Å². The average Bonchev–Trinajstić information content (AvgIpc) is 2.84. The Bertz CT molecular complexity index is 331. The standard InChI is InChI=1S/C13H23N3O/c1-3-16-7-6-15-13(16)9-12(14-2)11-5-4-8-17-10-11/h6-7,11-12,14H,3-5,8-10H2,1-2H3. The van der Waals surface area contributed by atoms with Crippen molar-refractivity contribution in [2.45, 2.75) is 38.8 Å². The molecule has 0 radical (unpaired) electrons. The van der Waals surface area contributed by atoms with Crippen molar-refractivity contribution in [2.75, 3.05) is 20.3 Å². The molecule has 96 valence electrons. The van der Waals surface area contributed by atoms with Gasteiger partial charge in [-0.2, -0.15) is 0 Å². The number of hydrogen-bond acceptors (Lipinski definition) is 3. The maximum Gasteiger partial charge on any atom is 0.110 e. The number of aromatic nitrogens is 2. The first kappa shape index (κ1) is 12.6. The number of rotatable bonds is 5. The highest BCUT2D eigenvalue weighted by Gasteiger charge is 2.24. The molecule has 1 aromatic rings. The van der Waals surface area contributed by atoms with Gasteiger partial charge in [0.25, 0.3) is 0 Å². The van der Waals surface area contributed by atoms with Crippen LogP contribution >= 0.6 is 0 Å². The summed E-state index contributed by atoms with van der Waals surface area (Å²) in [5.74, 6) is 1.80. The van der Waals surface area contributed by atoms with Gasteiger partial charge in [0.15, 0.2) is 0 Å². The van der Waals surface area contributed by atoms with Crippen LogP contribution in [0.3, 0.4) is 0 Å². The summed E-state index contributed by atoms with van der Waals surface area (Å²) in [7, 11) is 2.04. The van der Waals surface area contributed by atoms with Gasteiger partial charge in [0.1, 0.15) is 5.82 Å². The molecular formula is C13H23N3O. The van der Waals surface area contributed by atoms with Crippen molar-refractivity contribution < 1.29 is 4.74 Å². The lowest BCUT2D eigenvalue weighted by atomic mass is 9.91. The van der Waals surface area contributed by atoms with Gasteiger partial charge in [-0.3, -0.25) is 0 Å². The molecule has 0 amide bonds. The summed E-state index contributed by atoms with van der Waals surface area (Å²) in [6.45, 7) is 4.96. The van der Waals surface area contributed by atoms with Gasteiger partial charge in [-0.1, -0.05) is 0 Å². The summed E-state index contributed by atoms with van der Waals surface area (Å²) in [6.07, 6.45) is 7.39. The molecule has 2 heterocycles. The monoisotopic (exact) mass is 237 g/mol. The molecule has 0 bridgehead atoms. The van der Waals surface area contributed by atoms with Crippen LogP contribution in [0.25, 0.3) is 0 Å². The maximum absolute atomic E-state index is 5.57. The molecule has 0 aliphatic carbocycles. The Balaban J connectivity index is 1.98. The summed E-state index contributed by atoms with van der Waals surface area (Å²) in [5, 5.41) is 3.43. The molecule has 2 unspecified atom stereocenters. The van der Waals surface area contributed by atoms with Gasteiger partial charge >= 0.3 is 0 Å². The average molecular weight is 237 g/mol. The molecule has 2 atom stereocenters. The van der Waals surface area contributed by atoms with Gasteiger partial charge in [0.2, 0.25) is 0 Å². The fourth-order valence-corrected chi connectivity index (χ4v) is 2.60. The SMILES string of the molecule is CCn1ccnc1CC(NC)C1CCCOC1. The highest BCUT2D eigenvalue weighted by Crippen LogP contribution is 2.19. The largest absolute Gasteiger partial charge is 0.381 e. The lowest BCUT2D eigenvalue weighted by molar-refractivity contribution is 0.0401. The number of hydrogen-bond donors (Lipinski definition) is 1. The Morgan fingerprint density at radius 3 is 3.18 bits per heavy atom.